The summed E-state index contributed by atoms with van der Waals surface area (Å²) < 4.78 is 18.8. The lowest BCUT2D eigenvalue weighted by Gasteiger charge is -2.45. The Labute approximate surface area is 163 Å². The van der Waals surface area contributed by atoms with E-state index in [0.29, 0.717) is 13.2 Å². The molecule has 0 atom stereocenters. The van der Waals surface area contributed by atoms with E-state index in [1.165, 1.54) is 5.56 Å². The third kappa shape index (κ3) is 5.02. The summed E-state index contributed by atoms with van der Waals surface area (Å²) in [4.78, 5) is 0. The van der Waals surface area contributed by atoms with Crippen LogP contribution in [0, 0.1) is 0 Å². The molecule has 27 heavy (non-hydrogen) atoms. The average molecular weight is 371 g/mol. The summed E-state index contributed by atoms with van der Waals surface area (Å²) in [5.74, 6) is 1.59. The molecule has 0 spiro atoms. The highest BCUT2D eigenvalue weighted by Crippen LogP contribution is 2.33. The highest BCUT2D eigenvalue weighted by atomic mass is 16.5. The molecule has 3 rings (SSSR count). The van der Waals surface area contributed by atoms with Crippen molar-refractivity contribution in [2.45, 2.75) is 31.9 Å². The maximum absolute atomic E-state index is 6.15. The second-order valence-electron chi connectivity index (χ2n) is 7.77. The number of likely N-dealkylation sites (tertiary alicyclic amines) is 1. The van der Waals surface area contributed by atoms with Gasteiger partial charge in [0.25, 0.3) is 0 Å². The number of hydrogen-bond acceptors (Lipinski definition) is 3. The van der Waals surface area contributed by atoms with Gasteiger partial charge in [-0.15, -0.1) is 0 Å². The summed E-state index contributed by atoms with van der Waals surface area (Å²) in [5.41, 5.74) is 1.17. The van der Waals surface area contributed by atoms with Gasteiger partial charge in [-0.05, 0) is 19.1 Å². The average Bonchev–Trinajstić information content (AvgIpc) is 2.70. The minimum atomic E-state index is -0.228. The molecule has 0 radical (unpaired) electrons. The molecule has 2 aromatic rings. The fourth-order valence-electron chi connectivity index (χ4n) is 3.83. The third-order valence-electron chi connectivity index (χ3n) is 5.69. The van der Waals surface area contributed by atoms with Crippen molar-refractivity contribution in [3.63, 3.8) is 0 Å². The molecule has 1 fully saturated rings. The van der Waals surface area contributed by atoms with Gasteiger partial charge in [0.1, 0.15) is 18.8 Å². The first-order valence-electron chi connectivity index (χ1n) is 9.85. The maximum Gasteiger partial charge on any atom is 0.161 e. The van der Waals surface area contributed by atoms with Gasteiger partial charge in [-0.25, -0.2) is 0 Å². The second-order valence-corrected chi connectivity index (χ2v) is 7.77. The van der Waals surface area contributed by atoms with Gasteiger partial charge < -0.3 is 18.7 Å². The number of methoxy groups -OCH3 is 1. The number of quaternary nitrogens is 1. The van der Waals surface area contributed by atoms with E-state index in [1.54, 1.807) is 0 Å². The van der Waals surface area contributed by atoms with E-state index >= 15 is 0 Å². The molecule has 0 aromatic heterocycles. The van der Waals surface area contributed by atoms with E-state index in [2.05, 4.69) is 37.4 Å². The van der Waals surface area contributed by atoms with Crippen LogP contribution in [-0.2, 0) is 11.3 Å². The van der Waals surface area contributed by atoms with Crippen molar-refractivity contribution < 1.29 is 18.7 Å². The lowest BCUT2D eigenvalue weighted by atomic mass is 9.90. The SMILES string of the molecule is CCOc1ccccc1OCC1(OC)CC[N+](C)(Cc2ccccc2)CC1. The van der Waals surface area contributed by atoms with Crippen LogP contribution in [0.15, 0.2) is 54.6 Å². The molecule has 0 saturated carbocycles. The zero-order valence-electron chi connectivity index (χ0n) is 16.8. The minimum Gasteiger partial charge on any atom is -0.490 e. The summed E-state index contributed by atoms with van der Waals surface area (Å²) in [6.45, 7) is 6.40. The van der Waals surface area contributed by atoms with Crippen LogP contribution in [0.4, 0.5) is 0 Å². The number of hydrogen-bond donors (Lipinski definition) is 0. The fraction of sp³-hybridized carbons (Fsp3) is 0.478. The molecule has 0 aliphatic carbocycles. The number of ether oxygens (including phenoxy) is 3. The van der Waals surface area contributed by atoms with Crippen molar-refractivity contribution in [2.75, 3.05) is 40.5 Å². The predicted octanol–water partition coefficient (Wildman–Crippen LogP) is 4.29. The maximum atomic E-state index is 6.15. The van der Waals surface area contributed by atoms with Crippen LogP contribution in [0.3, 0.4) is 0 Å². The van der Waals surface area contributed by atoms with Gasteiger partial charge in [0, 0.05) is 25.5 Å². The lowest BCUT2D eigenvalue weighted by Crippen LogP contribution is -2.56. The molecule has 1 heterocycles. The highest BCUT2D eigenvalue weighted by molar-refractivity contribution is 5.39. The molecule has 4 heteroatoms. The number of benzene rings is 2. The van der Waals surface area contributed by atoms with E-state index in [1.807, 2.05) is 38.3 Å². The van der Waals surface area contributed by atoms with E-state index in [-0.39, 0.29) is 5.60 Å². The van der Waals surface area contributed by atoms with Crippen LogP contribution >= 0.6 is 0 Å². The topological polar surface area (TPSA) is 27.7 Å². The van der Waals surface area contributed by atoms with E-state index in [0.717, 1.165) is 48.5 Å². The smallest absolute Gasteiger partial charge is 0.161 e. The van der Waals surface area contributed by atoms with Crippen LogP contribution in [0.5, 0.6) is 11.5 Å². The van der Waals surface area contributed by atoms with Gasteiger partial charge in [0.2, 0.25) is 0 Å². The van der Waals surface area contributed by atoms with Crippen molar-refractivity contribution in [2.24, 2.45) is 0 Å². The molecular weight excluding hydrogens is 338 g/mol. The molecule has 1 saturated heterocycles. The Bertz CT molecular complexity index is 709. The molecule has 1 aliphatic heterocycles. The number of nitrogens with zero attached hydrogens (tertiary/aromatic N) is 1. The fourth-order valence-corrected chi connectivity index (χ4v) is 3.83. The number of piperidine rings is 1. The first-order chi connectivity index (χ1) is 13.1. The van der Waals surface area contributed by atoms with E-state index < -0.39 is 0 Å². The van der Waals surface area contributed by atoms with Crippen LogP contribution in [-0.4, -0.2) is 50.5 Å². The lowest BCUT2D eigenvalue weighted by molar-refractivity contribution is -0.929. The molecular formula is C23H32NO3+. The Balaban J connectivity index is 1.61. The molecule has 0 N–H and O–H groups in total. The van der Waals surface area contributed by atoms with E-state index in [9.17, 15) is 0 Å². The molecule has 4 nitrogen and oxygen atoms in total. The quantitative estimate of drug-likeness (QED) is 0.649. The van der Waals surface area contributed by atoms with Crippen molar-refractivity contribution >= 4 is 0 Å². The monoisotopic (exact) mass is 370 g/mol. The minimum absolute atomic E-state index is 0.228. The molecule has 2 aromatic carbocycles. The summed E-state index contributed by atoms with van der Waals surface area (Å²) in [7, 11) is 4.16. The molecule has 0 amide bonds. The summed E-state index contributed by atoms with van der Waals surface area (Å²) in [6.07, 6.45) is 1.98. The van der Waals surface area contributed by atoms with Crippen molar-refractivity contribution in [1.29, 1.82) is 0 Å². The van der Waals surface area contributed by atoms with Gasteiger partial charge >= 0.3 is 0 Å². The Kier molecular flexibility index (Phi) is 6.40. The first-order valence-corrected chi connectivity index (χ1v) is 9.85. The van der Waals surface area contributed by atoms with Crippen LogP contribution in [0.25, 0.3) is 0 Å². The molecule has 1 aliphatic rings. The Morgan fingerprint density at radius 1 is 0.889 bits per heavy atom. The molecule has 0 bridgehead atoms. The van der Waals surface area contributed by atoms with Crippen molar-refractivity contribution in [3.8, 4) is 11.5 Å². The number of para-hydroxylation sites is 2. The Hall–Kier alpha value is -2.04. The van der Waals surface area contributed by atoms with E-state index in [4.69, 9.17) is 14.2 Å². The summed E-state index contributed by atoms with van der Waals surface area (Å²) >= 11 is 0. The predicted molar refractivity (Wildman–Crippen MR) is 108 cm³/mol. The standard InChI is InChI=1S/C23H32NO3/c1-4-26-21-12-8-9-13-22(21)27-19-23(25-3)14-16-24(2,17-15-23)18-20-10-6-5-7-11-20/h5-13H,4,14-19H2,1-3H3/q+1. The second kappa shape index (κ2) is 8.77. The van der Waals surface area contributed by atoms with Crippen LogP contribution in [0.1, 0.15) is 25.3 Å². The van der Waals surface area contributed by atoms with Crippen molar-refractivity contribution in [1.82, 2.24) is 0 Å². The summed E-state index contributed by atoms with van der Waals surface area (Å²) in [5, 5.41) is 0. The van der Waals surface area contributed by atoms with Crippen LogP contribution < -0.4 is 9.47 Å². The normalized spacial score (nSPS) is 25.1. The number of rotatable bonds is 8. The Morgan fingerprint density at radius 2 is 1.48 bits per heavy atom. The zero-order chi connectivity index (χ0) is 19.2. The van der Waals surface area contributed by atoms with Gasteiger partial charge in [0.05, 0.1) is 26.7 Å². The largest absolute Gasteiger partial charge is 0.490 e. The molecule has 146 valence electrons. The zero-order valence-corrected chi connectivity index (χ0v) is 16.8. The van der Waals surface area contributed by atoms with Gasteiger partial charge in [0.15, 0.2) is 11.5 Å². The van der Waals surface area contributed by atoms with Gasteiger partial charge in [-0.1, -0.05) is 42.5 Å². The van der Waals surface area contributed by atoms with Crippen LogP contribution in [0.2, 0.25) is 0 Å². The molecule has 0 unspecified atom stereocenters. The van der Waals surface area contributed by atoms with Crippen molar-refractivity contribution in [3.05, 3.63) is 60.2 Å². The highest BCUT2D eigenvalue weighted by Gasteiger charge is 2.41. The Morgan fingerprint density at radius 3 is 2.07 bits per heavy atom. The van der Waals surface area contributed by atoms with Gasteiger partial charge in [-0.2, -0.15) is 0 Å². The third-order valence-corrected chi connectivity index (χ3v) is 5.69. The summed E-state index contributed by atoms with van der Waals surface area (Å²) in [6, 6.07) is 18.6. The first kappa shape index (κ1) is 19.7. The van der Waals surface area contributed by atoms with Gasteiger partial charge in [-0.3, -0.25) is 0 Å².